The fourth-order valence-corrected chi connectivity index (χ4v) is 5.47. The number of aliphatic hydroxyl groups excluding tert-OH is 1. The van der Waals surface area contributed by atoms with Crippen LogP contribution in [0.5, 0.6) is 0 Å². The average molecular weight is 500 g/mol. The molecule has 9 heteroatoms. The molecule has 0 saturated carbocycles. The van der Waals surface area contributed by atoms with Crippen molar-refractivity contribution in [2.75, 3.05) is 37.7 Å². The number of imidazole rings is 1. The topological polar surface area (TPSA) is 73.6 Å². The van der Waals surface area contributed by atoms with Crippen LogP contribution in [0.2, 0.25) is 5.02 Å². The third-order valence-corrected chi connectivity index (χ3v) is 7.57. The highest BCUT2D eigenvalue weighted by Crippen LogP contribution is 2.30. The summed E-state index contributed by atoms with van der Waals surface area (Å²) in [6, 6.07) is 10.1. The summed E-state index contributed by atoms with van der Waals surface area (Å²) >= 11 is 5.94. The summed E-state index contributed by atoms with van der Waals surface area (Å²) in [5.74, 6) is -0.252. The first-order valence-electron chi connectivity index (χ1n) is 12.3. The molecule has 0 radical (unpaired) electrons. The fraction of sp³-hybridized carbons (Fsp3) is 0.462. The number of nitrogens with one attached hydrogen (secondary N) is 1. The van der Waals surface area contributed by atoms with Crippen molar-refractivity contribution >= 4 is 34.2 Å². The number of anilines is 1. The third kappa shape index (κ3) is 4.75. The number of carbonyl (C=O) groups excluding carboxylic acids is 1. The molecule has 0 bridgehead atoms. The molecule has 1 amide bonds. The molecule has 35 heavy (non-hydrogen) atoms. The molecule has 5 rings (SSSR count). The molecule has 0 spiro atoms. The smallest absolute Gasteiger partial charge is 0.240 e. The number of carbonyl (C=O) groups is 1. The lowest BCUT2D eigenvalue weighted by molar-refractivity contribution is -0.137. The molecule has 7 nitrogen and oxygen atoms in total. The first-order valence-corrected chi connectivity index (χ1v) is 12.6. The molecule has 2 aromatic carbocycles. The zero-order valence-electron chi connectivity index (χ0n) is 19.8. The van der Waals surface area contributed by atoms with Gasteiger partial charge in [0, 0.05) is 35.9 Å². The van der Waals surface area contributed by atoms with Gasteiger partial charge < -0.3 is 24.8 Å². The van der Waals surface area contributed by atoms with Crippen molar-refractivity contribution in [2.24, 2.45) is 0 Å². The van der Waals surface area contributed by atoms with Gasteiger partial charge in [-0.3, -0.25) is 4.79 Å². The summed E-state index contributed by atoms with van der Waals surface area (Å²) in [7, 11) is 0. The number of hydrogen-bond donors (Lipinski definition) is 2. The molecular formula is C26H31ClFN5O2. The monoisotopic (exact) mass is 499 g/mol. The van der Waals surface area contributed by atoms with Gasteiger partial charge in [-0.2, -0.15) is 0 Å². The first kappa shape index (κ1) is 24.0. The highest BCUT2D eigenvalue weighted by Gasteiger charge is 2.34. The second kappa shape index (κ2) is 10.1. The van der Waals surface area contributed by atoms with Gasteiger partial charge in [-0.1, -0.05) is 24.1 Å². The van der Waals surface area contributed by atoms with Gasteiger partial charge in [-0.05, 0) is 56.6 Å². The number of fused-ring (bicyclic) bond motifs is 1. The van der Waals surface area contributed by atoms with Crippen molar-refractivity contribution in [1.82, 2.24) is 19.8 Å². The first-order chi connectivity index (χ1) is 17.0. The van der Waals surface area contributed by atoms with Crippen molar-refractivity contribution in [1.29, 1.82) is 0 Å². The van der Waals surface area contributed by atoms with Crippen LogP contribution in [-0.4, -0.2) is 70.3 Å². The molecule has 2 saturated heterocycles. The summed E-state index contributed by atoms with van der Waals surface area (Å²) in [4.78, 5) is 21.6. The predicted octanol–water partition coefficient (Wildman–Crippen LogP) is 3.59. The minimum Gasteiger partial charge on any atom is -0.394 e. The van der Waals surface area contributed by atoms with Gasteiger partial charge in [0.1, 0.15) is 5.82 Å². The number of aliphatic hydroxyl groups is 1. The van der Waals surface area contributed by atoms with Crippen molar-refractivity contribution in [3.63, 3.8) is 0 Å². The lowest BCUT2D eigenvalue weighted by Crippen LogP contribution is -2.60. The Labute approximate surface area is 209 Å². The van der Waals surface area contributed by atoms with Crippen LogP contribution in [0.25, 0.3) is 11.0 Å². The maximum Gasteiger partial charge on any atom is 0.240 e. The van der Waals surface area contributed by atoms with Crippen LogP contribution < -0.4 is 10.2 Å². The van der Waals surface area contributed by atoms with Crippen LogP contribution in [0.1, 0.15) is 37.8 Å². The largest absolute Gasteiger partial charge is 0.394 e. The van der Waals surface area contributed by atoms with Gasteiger partial charge in [0.25, 0.3) is 0 Å². The maximum absolute atomic E-state index is 14.6. The quantitative estimate of drug-likeness (QED) is 0.561. The number of piperidine rings is 1. The normalized spacial score (nSPS) is 21.9. The molecule has 2 aliphatic rings. The predicted molar refractivity (Wildman–Crippen MR) is 135 cm³/mol. The molecule has 2 aliphatic heterocycles. The van der Waals surface area contributed by atoms with Crippen LogP contribution >= 0.6 is 11.6 Å². The van der Waals surface area contributed by atoms with E-state index in [9.17, 15) is 14.3 Å². The van der Waals surface area contributed by atoms with Crippen molar-refractivity contribution < 1.29 is 14.3 Å². The van der Waals surface area contributed by atoms with E-state index in [0.717, 1.165) is 42.5 Å². The Morgan fingerprint density at radius 3 is 2.86 bits per heavy atom. The molecular weight excluding hydrogens is 469 g/mol. The number of rotatable bonds is 5. The fourth-order valence-electron chi connectivity index (χ4n) is 5.31. The van der Waals surface area contributed by atoms with E-state index in [2.05, 4.69) is 21.3 Å². The van der Waals surface area contributed by atoms with Gasteiger partial charge >= 0.3 is 0 Å². The minimum absolute atomic E-state index is 0.0813. The number of amides is 1. The Bertz CT molecular complexity index is 1210. The second-order valence-corrected chi connectivity index (χ2v) is 9.92. The molecule has 0 aliphatic carbocycles. The highest BCUT2D eigenvalue weighted by atomic mass is 35.5. The van der Waals surface area contributed by atoms with E-state index in [0.29, 0.717) is 30.2 Å². The van der Waals surface area contributed by atoms with Crippen molar-refractivity contribution in [3.8, 4) is 0 Å². The molecule has 186 valence electrons. The molecule has 2 unspecified atom stereocenters. The maximum atomic E-state index is 14.6. The molecule has 3 atom stereocenters. The molecule has 2 N–H and O–H groups in total. The Hall–Kier alpha value is -2.68. The summed E-state index contributed by atoms with van der Waals surface area (Å²) in [5, 5.41) is 13.8. The number of aromatic nitrogens is 2. The van der Waals surface area contributed by atoms with E-state index in [1.54, 1.807) is 18.5 Å². The SMILES string of the molecule is CC(c1ccc(Cl)cc1F)n1cnc2ccc(N3CCN(C(=O)C4CCCCN4)[C@H](CO)C3)cc21. The van der Waals surface area contributed by atoms with Crippen LogP contribution in [-0.2, 0) is 4.79 Å². The lowest BCUT2D eigenvalue weighted by Gasteiger charge is -2.43. The molecule has 1 aromatic heterocycles. The minimum atomic E-state index is -0.345. The van der Waals surface area contributed by atoms with Gasteiger partial charge in [0.15, 0.2) is 0 Å². The van der Waals surface area contributed by atoms with Gasteiger partial charge in [-0.15, -0.1) is 0 Å². The van der Waals surface area contributed by atoms with E-state index in [1.807, 2.05) is 28.5 Å². The summed E-state index contributed by atoms with van der Waals surface area (Å²) in [6.07, 6.45) is 4.74. The average Bonchev–Trinajstić information content (AvgIpc) is 3.31. The Balaban J connectivity index is 1.37. The van der Waals surface area contributed by atoms with E-state index < -0.39 is 0 Å². The van der Waals surface area contributed by atoms with Gasteiger partial charge in [-0.25, -0.2) is 9.37 Å². The van der Waals surface area contributed by atoms with E-state index in [-0.39, 0.29) is 36.5 Å². The van der Waals surface area contributed by atoms with Crippen LogP contribution in [0, 0.1) is 5.82 Å². The Morgan fingerprint density at radius 2 is 2.11 bits per heavy atom. The Morgan fingerprint density at radius 1 is 1.26 bits per heavy atom. The van der Waals surface area contributed by atoms with E-state index in [1.165, 1.54) is 6.07 Å². The molecule has 3 heterocycles. The summed E-state index contributed by atoms with van der Waals surface area (Å²) in [5.41, 5.74) is 3.26. The standard InChI is InChI=1S/C26H31ClFN5O2/c1-17(21-7-5-18(27)12-22(21)28)33-16-30-23-8-6-19(13-25(23)33)31-10-11-32(20(14-31)15-34)26(35)24-4-2-3-9-29-24/h5-8,12-13,16-17,20,24,29,34H,2-4,9-11,14-15H2,1H3/t17?,20-,24?/m0/s1. The molecule has 3 aromatic rings. The number of piperazine rings is 1. The summed E-state index contributed by atoms with van der Waals surface area (Å²) in [6.45, 7) is 4.51. The van der Waals surface area contributed by atoms with Crippen LogP contribution in [0.3, 0.4) is 0 Å². The number of halogens is 2. The zero-order chi connectivity index (χ0) is 24.5. The third-order valence-electron chi connectivity index (χ3n) is 7.34. The highest BCUT2D eigenvalue weighted by molar-refractivity contribution is 6.30. The second-order valence-electron chi connectivity index (χ2n) is 9.48. The van der Waals surface area contributed by atoms with E-state index in [4.69, 9.17) is 11.6 Å². The van der Waals surface area contributed by atoms with Crippen LogP contribution in [0.4, 0.5) is 10.1 Å². The Kier molecular flexibility index (Phi) is 6.95. The summed E-state index contributed by atoms with van der Waals surface area (Å²) < 4.78 is 16.6. The number of benzene rings is 2. The number of hydrogen-bond acceptors (Lipinski definition) is 5. The number of nitrogens with zero attached hydrogens (tertiary/aromatic N) is 4. The van der Waals surface area contributed by atoms with E-state index >= 15 is 0 Å². The zero-order valence-corrected chi connectivity index (χ0v) is 20.6. The lowest BCUT2D eigenvalue weighted by atomic mass is 10.0. The van der Waals surface area contributed by atoms with Crippen molar-refractivity contribution in [3.05, 3.63) is 59.1 Å². The van der Waals surface area contributed by atoms with Gasteiger partial charge in [0.2, 0.25) is 5.91 Å². The molecule has 2 fully saturated rings. The van der Waals surface area contributed by atoms with Crippen molar-refractivity contribution in [2.45, 2.75) is 44.3 Å². The van der Waals surface area contributed by atoms with Gasteiger partial charge in [0.05, 0.1) is 42.1 Å². The van der Waals surface area contributed by atoms with Crippen LogP contribution in [0.15, 0.2) is 42.7 Å².